The van der Waals surface area contributed by atoms with Crippen LogP contribution in [0.2, 0.25) is 0 Å². The molecule has 0 atom stereocenters. The average molecular weight is 296 g/mol. The van der Waals surface area contributed by atoms with E-state index in [1.165, 1.54) is 0 Å². The number of carbonyl (C=O) groups excluding carboxylic acids is 2. The van der Waals surface area contributed by atoms with Crippen molar-refractivity contribution in [1.82, 2.24) is 4.90 Å². The molecule has 3 nitrogen and oxygen atoms in total. The van der Waals surface area contributed by atoms with Gasteiger partial charge in [0.25, 0.3) is 5.91 Å². The first-order chi connectivity index (χ1) is 8.20. The molecule has 1 saturated heterocycles. The molecule has 1 fully saturated rings. The summed E-state index contributed by atoms with van der Waals surface area (Å²) < 4.78 is 0.966. The van der Waals surface area contributed by atoms with E-state index in [1.807, 2.05) is 29.2 Å². The third-order valence-corrected chi connectivity index (χ3v) is 3.64. The van der Waals surface area contributed by atoms with Gasteiger partial charge in [-0.15, -0.1) is 0 Å². The van der Waals surface area contributed by atoms with Crippen molar-refractivity contribution < 1.29 is 9.59 Å². The first-order valence-corrected chi connectivity index (χ1v) is 6.50. The molecule has 0 unspecified atom stereocenters. The molecule has 0 N–H and O–H groups in total. The van der Waals surface area contributed by atoms with Crippen molar-refractivity contribution in [1.29, 1.82) is 0 Å². The number of likely N-dealkylation sites (tertiary alicyclic amines) is 1. The van der Waals surface area contributed by atoms with Crippen LogP contribution in [0.4, 0.5) is 0 Å². The van der Waals surface area contributed by atoms with E-state index in [0.29, 0.717) is 18.7 Å². The molecular weight excluding hydrogens is 282 g/mol. The molecule has 1 heterocycles. The van der Waals surface area contributed by atoms with Crippen molar-refractivity contribution in [2.45, 2.75) is 12.8 Å². The monoisotopic (exact) mass is 295 g/mol. The SMILES string of the molecule is O=CC1CCN(C(=O)c2ccc(Br)cc2)CC1. The van der Waals surface area contributed by atoms with Gasteiger partial charge < -0.3 is 9.69 Å². The van der Waals surface area contributed by atoms with Gasteiger partial charge in [-0.25, -0.2) is 0 Å². The standard InChI is InChI=1S/C13H14BrNO2/c14-12-3-1-11(2-4-12)13(17)15-7-5-10(9-16)6-8-15/h1-4,9-10H,5-8H2. The molecule has 1 aliphatic rings. The summed E-state index contributed by atoms with van der Waals surface area (Å²) in [5, 5.41) is 0. The molecule has 17 heavy (non-hydrogen) atoms. The Labute approximate surface area is 109 Å². The van der Waals surface area contributed by atoms with E-state index in [9.17, 15) is 9.59 Å². The molecule has 0 aliphatic carbocycles. The lowest BCUT2D eigenvalue weighted by Gasteiger charge is -2.29. The molecule has 0 bridgehead atoms. The Morgan fingerprint density at radius 3 is 2.35 bits per heavy atom. The lowest BCUT2D eigenvalue weighted by Crippen LogP contribution is -2.38. The second kappa shape index (κ2) is 5.45. The zero-order valence-corrected chi connectivity index (χ0v) is 11.0. The van der Waals surface area contributed by atoms with E-state index in [-0.39, 0.29) is 11.8 Å². The Kier molecular flexibility index (Phi) is 3.94. The second-order valence-corrected chi connectivity index (χ2v) is 5.19. The largest absolute Gasteiger partial charge is 0.339 e. The van der Waals surface area contributed by atoms with Gasteiger partial charge in [0, 0.05) is 29.0 Å². The summed E-state index contributed by atoms with van der Waals surface area (Å²) in [4.78, 5) is 24.6. The lowest BCUT2D eigenvalue weighted by molar-refractivity contribution is -0.112. The molecular formula is C13H14BrNO2. The minimum absolute atomic E-state index is 0.0573. The van der Waals surface area contributed by atoms with E-state index in [2.05, 4.69) is 15.9 Å². The summed E-state index contributed by atoms with van der Waals surface area (Å²) in [5.74, 6) is 0.186. The van der Waals surface area contributed by atoms with Gasteiger partial charge >= 0.3 is 0 Å². The number of amides is 1. The summed E-state index contributed by atoms with van der Waals surface area (Å²) in [5.41, 5.74) is 0.706. The first kappa shape index (κ1) is 12.3. The third kappa shape index (κ3) is 2.94. The van der Waals surface area contributed by atoms with Gasteiger partial charge in [0.1, 0.15) is 6.29 Å². The van der Waals surface area contributed by atoms with Crippen molar-refractivity contribution >= 4 is 28.1 Å². The van der Waals surface area contributed by atoms with Gasteiger partial charge in [0.2, 0.25) is 0 Å². The molecule has 90 valence electrons. The molecule has 1 amide bonds. The number of carbonyl (C=O) groups is 2. The normalized spacial score (nSPS) is 16.9. The molecule has 1 aromatic carbocycles. The maximum Gasteiger partial charge on any atom is 0.253 e. The summed E-state index contributed by atoms with van der Waals surface area (Å²) in [6.45, 7) is 1.36. The molecule has 0 radical (unpaired) electrons. The molecule has 0 spiro atoms. The van der Waals surface area contributed by atoms with Crippen molar-refractivity contribution in [3.05, 3.63) is 34.3 Å². The highest BCUT2D eigenvalue weighted by molar-refractivity contribution is 9.10. The van der Waals surface area contributed by atoms with Crippen LogP contribution in [0.5, 0.6) is 0 Å². The van der Waals surface area contributed by atoms with Crippen LogP contribution >= 0.6 is 15.9 Å². The fourth-order valence-corrected chi connectivity index (χ4v) is 2.28. The molecule has 0 aromatic heterocycles. The number of rotatable bonds is 2. The van der Waals surface area contributed by atoms with E-state index in [0.717, 1.165) is 23.6 Å². The lowest BCUT2D eigenvalue weighted by atomic mass is 9.98. The van der Waals surface area contributed by atoms with Crippen LogP contribution in [-0.4, -0.2) is 30.2 Å². The van der Waals surface area contributed by atoms with Gasteiger partial charge in [-0.1, -0.05) is 15.9 Å². The Bertz CT molecular complexity index is 408. The highest BCUT2D eigenvalue weighted by Crippen LogP contribution is 2.18. The highest BCUT2D eigenvalue weighted by Gasteiger charge is 2.22. The minimum atomic E-state index is 0.0573. The zero-order chi connectivity index (χ0) is 12.3. The van der Waals surface area contributed by atoms with Gasteiger partial charge in [-0.05, 0) is 37.1 Å². The molecule has 0 saturated carbocycles. The maximum atomic E-state index is 12.1. The fourth-order valence-electron chi connectivity index (χ4n) is 2.01. The molecule has 1 aromatic rings. The van der Waals surface area contributed by atoms with Gasteiger partial charge in [-0.2, -0.15) is 0 Å². The van der Waals surface area contributed by atoms with E-state index in [1.54, 1.807) is 0 Å². The van der Waals surface area contributed by atoms with Crippen LogP contribution in [-0.2, 0) is 4.79 Å². The number of piperidine rings is 1. The van der Waals surface area contributed by atoms with Crippen LogP contribution in [0.1, 0.15) is 23.2 Å². The molecule has 4 heteroatoms. The van der Waals surface area contributed by atoms with Crippen molar-refractivity contribution in [2.24, 2.45) is 5.92 Å². The zero-order valence-electron chi connectivity index (χ0n) is 9.43. The van der Waals surface area contributed by atoms with Crippen LogP contribution in [0.25, 0.3) is 0 Å². The number of nitrogens with zero attached hydrogens (tertiary/aromatic N) is 1. The smallest absolute Gasteiger partial charge is 0.253 e. The third-order valence-electron chi connectivity index (χ3n) is 3.11. The summed E-state index contributed by atoms with van der Waals surface area (Å²) in [6, 6.07) is 7.37. The first-order valence-electron chi connectivity index (χ1n) is 5.71. The van der Waals surface area contributed by atoms with Crippen molar-refractivity contribution in [2.75, 3.05) is 13.1 Å². The average Bonchev–Trinajstić information content (AvgIpc) is 2.39. The van der Waals surface area contributed by atoms with Crippen molar-refractivity contribution in [3.63, 3.8) is 0 Å². The van der Waals surface area contributed by atoms with E-state index >= 15 is 0 Å². The van der Waals surface area contributed by atoms with E-state index < -0.39 is 0 Å². The predicted molar refractivity (Wildman–Crippen MR) is 68.8 cm³/mol. The quantitative estimate of drug-likeness (QED) is 0.786. The van der Waals surface area contributed by atoms with Crippen LogP contribution in [0.3, 0.4) is 0 Å². The summed E-state index contributed by atoms with van der Waals surface area (Å²) >= 11 is 3.34. The summed E-state index contributed by atoms with van der Waals surface area (Å²) in [6.07, 6.45) is 2.57. The minimum Gasteiger partial charge on any atom is -0.339 e. The Morgan fingerprint density at radius 1 is 1.24 bits per heavy atom. The number of aldehydes is 1. The Morgan fingerprint density at radius 2 is 1.82 bits per heavy atom. The number of hydrogen-bond donors (Lipinski definition) is 0. The fraction of sp³-hybridized carbons (Fsp3) is 0.385. The van der Waals surface area contributed by atoms with Crippen molar-refractivity contribution in [3.8, 4) is 0 Å². The number of benzene rings is 1. The number of hydrogen-bond acceptors (Lipinski definition) is 2. The molecule has 2 rings (SSSR count). The predicted octanol–water partition coefficient (Wildman–Crippen LogP) is 2.50. The van der Waals surface area contributed by atoms with E-state index in [4.69, 9.17) is 0 Å². The van der Waals surface area contributed by atoms with Crippen LogP contribution < -0.4 is 0 Å². The topological polar surface area (TPSA) is 37.4 Å². The van der Waals surface area contributed by atoms with Crippen LogP contribution in [0, 0.1) is 5.92 Å². The Hall–Kier alpha value is -1.16. The maximum absolute atomic E-state index is 12.1. The van der Waals surface area contributed by atoms with Crippen LogP contribution in [0.15, 0.2) is 28.7 Å². The Balaban J connectivity index is 2.01. The second-order valence-electron chi connectivity index (χ2n) is 4.27. The van der Waals surface area contributed by atoms with Gasteiger partial charge in [0.15, 0.2) is 0 Å². The summed E-state index contributed by atoms with van der Waals surface area (Å²) in [7, 11) is 0. The molecule has 1 aliphatic heterocycles. The number of halogens is 1. The van der Waals surface area contributed by atoms with Gasteiger partial charge in [-0.3, -0.25) is 4.79 Å². The highest BCUT2D eigenvalue weighted by atomic mass is 79.9. The van der Waals surface area contributed by atoms with Gasteiger partial charge in [0.05, 0.1) is 0 Å².